The van der Waals surface area contributed by atoms with E-state index < -0.39 is 0 Å². The Bertz CT molecular complexity index is 2650. The molecule has 2 aliphatic rings. The molecular formula is C51H40S. The lowest BCUT2D eigenvalue weighted by molar-refractivity contribution is 0.659. The molecule has 7 aromatic carbocycles. The van der Waals surface area contributed by atoms with E-state index in [0.717, 1.165) is 0 Å². The predicted molar refractivity (Wildman–Crippen MR) is 222 cm³/mol. The van der Waals surface area contributed by atoms with Crippen molar-refractivity contribution in [2.75, 3.05) is 0 Å². The van der Waals surface area contributed by atoms with Crippen LogP contribution in [-0.4, -0.2) is 0 Å². The Morgan fingerprint density at radius 1 is 0.423 bits per heavy atom. The molecule has 0 aliphatic heterocycles. The first-order valence-corrected chi connectivity index (χ1v) is 19.3. The van der Waals surface area contributed by atoms with E-state index in [-0.39, 0.29) is 16.7 Å². The van der Waals surface area contributed by atoms with Gasteiger partial charge in [0.05, 0.1) is 0 Å². The van der Waals surface area contributed by atoms with Crippen molar-refractivity contribution >= 4 is 21.4 Å². The summed E-state index contributed by atoms with van der Waals surface area (Å²) >= 11 is 1.94. The van der Waals surface area contributed by atoms with Gasteiger partial charge in [-0.3, -0.25) is 0 Å². The molecule has 1 aromatic heterocycles. The van der Waals surface area contributed by atoms with Gasteiger partial charge in [-0.25, -0.2) is 0 Å². The minimum atomic E-state index is -0.0323. The van der Waals surface area contributed by atoms with Crippen LogP contribution in [0.15, 0.2) is 164 Å². The maximum absolute atomic E-state index is 2.48. The molecule has 0 nitrogen and oxygen atoms in total. The fourth-order valence-electron chi connectivity index (χ4n) is 9.37. The number of hydrogen-bond donors (Lipinski definition) is 0. The molecule has 1 atom stereocenters. The van der Waals surface area contributed by atoms with E-state index in [0.29, 0.717) is 0 Å². The van der Waals surface area contributed by atoms with Crippen LogP contribution in [0.2, 0.25) is 0 Å². The Morgan fingerprint density at radius 2 is 1.00 bits per heavy atom. The largest absolute Gasteiger partial charge is 0.135 e. The molecule has 1 heteroatoms. The number of fused-ring (bicyclic) bond motifs is 8. The summed E-state index contributed by atoms with van der Waals surface area (Å²) in [6.07, 6.45) is 0. The molecule has 0 bridgehead atoms. The molecule has 0 fully saturated rings. The summed E-state index contributed by atoms with van der Waals surface area (Å²) in [5.74, 6) is 0.144. The highest BCUT2D eigenvalue weighted by atomic mass is 32.1. The Balaban J connectivity index is 0.996. The van der Waals surface area contributed by atoms with Crippen LogP contribution in [0, 0.1) is 0 Å². The Labute approximate surface area is 311 Å². The molecular weight excluding hydrogens is 645 g/mol. The van der Waals surface area contributed by atoms with Crippen molar-refractivity contribution in [3.05, 3.63) is 203 Å². The lowest BCUT2D eigenvalue weighted by Crippen LogP contribution is -2.15. The molecule has 1 unspecified atom stereocenters. The summed E-state index contributed by atoms with van der Waals surface area (Å²) in [5, 5.41) is 1.40. The first kappa shape index (κ1) is 31.3. The van der Waals surface area contributed by atoms with Crippen molar-refractivity contribution in [3.63, 3.8) is 0 Å². The molecule has 1 heterocycles. The average Bonchev–Trinajstić information content (AvgIpc) is 3.76. The van der Waals surface area contributed by atoms with Gasteiger partial charge in [-0.05, 0) is 83.8 Å². The topological polar surface area (TPSA) is 0 Å². The highest BCUT2D eigenvalue weighted by Crippen LogP contribution is 2.58. The zero-order chi connectivity index (χ0) is 35.2. The standard InChI is InChI=1S/C51H40S/c1-50(2)42-18-10-8-15-39(42)40-30-29-37(31-44(40)50)46(35-13-6-5-7-14-35)36-27-23-33(24-28-36)32-21-25-34(26-22-32)38-17-12-19-43-47(38)49-48(51(43,3)4)41-16-9-11-20-45(41)52-49/h5-31,46H,1-4H3. The number of benzene rings is 7. The third-order valence-corrected chi connectivity index (χ3v) is 13.2. The van der Waals surface area contributed by atoms with Crippen molar-refractivity contribution in [2.24, 2.45) is 0 Å². The normalized spacial score (nSPS) is 15.2. The summed E-state index contributed by atoms with van der Waals surface area (Å²) < 4.78 is 1.37. The Hall–Kier alpha value is -5.50. The summed E-state index contributed by atoms with van der Waals surface area (Å²) in [6, 6.07) is 61.4. The lowest BCUT2D eigenvalue weighted by atomic mass is 9.79. The highest BCUT2D eigenvalue weighted by Gasteiger charge is 2.40. The second kappa shape index (κ2) is 11.5. The van der Waals surface area contributed by atoms with Crippen molar-refractivity contribution in [1.29, 1.82) is 0 Å². The van der Waals surface area contributed by atoms with E-state index in [2.05, 4.69) is 191 Å². The fraction of sp³-hybridized carbons (Fsp3) is 0.137. The van der Waals surface area contributed by atoms with E-state index in [1.165, 1.54) is 92.9 Å². The van der Waals surface area contributed by atoms with Gasteiger partial charge in [0.15, 0.2) is 0 Å². The van der Waals surface area contributed by atoms with Gasteiger partial charge in [0.2, 0.25) is 0 Å². The van der Waals surface area contributed by atoms with E-state index in [1.807, 2.05) is 11.3 Å². The van der Waals surface area contributed by atoms with E-state index in [1.54, 1.807) is 0 Å². The van der Waals surface area contributed by atoms with E-state index >= 15 is 0 Å². The predicted octanol–water partition coefficient (Wildman–Crippen LogP) is 14.0. The van der Waals surface area contributed by atoms with Crippen LogP contribution < -0.4 is 0 Å². The molecule has 0 radical (unpaired) electrons. The first-order valence-electron chi connectivity index (χ1n) is 18.5. The first-order chi connectivity index (χ1) is 25.3. The maximum Gasteiger partial charge on any atom is 0.0405 e. The Kier molecular flexibility index (Phi) is 6.91. The van der Waals surface area contributed by atoms with Crippen LogP contribution in [0.25, 0.3) is 53.9 Å². The summed E-state index contributed by atoms with van der Waals surface area (Å²) in [5.41, 5.74) is 18.8. The molecule has 0 saturated heterocycles. The maximum atomic E-state index is 2.48. The number of thiophene rings is 1. The molecule has 0 amide bonds. The highest BCUT2D eigenvalue weighted by molar-refractivity contribution is 7.22. The van der Waals surface area contributed by atoms with Gasteiger partial charge in [-0.15, -0.1) is 11.3 Å². The van der Waals surface area contributed by atoms with Crippen LogP contribution in [0.3, 0.4) is 0 Å². The average molecular weight is 685 g/mol. The smallest absolute Gasteiger partial charge is 0.0405 e. The molecule has 52 heavy (non-hydrogen) atoms. The van der Waals surface area contributed by atoms with Crippen LogP contribution in [0.5, 0.6) is 0 Å². The monoisotopic (exact) mass is 684 g/mol. The molecule has 10 rings (SSSR count). The second-order valence-electron chi connectivity index (χ2n) is 15.7. The third-order valence-electron chi connectivity index (χ3n) is 12.0. The number of rotatable bonds is 5. The van der Waals surface area contributed by atoms with E-state index in [4.69, 9.17) is 0 Å². The number of hydrogen-bond acceptors (Lipinski definition) is 1. The van der Waals surface area contributed by atoms with Gasteiger partial charge in [-0.2, -0.15) is 0 Å². The summed E-state index contributed by atoms with van der Waals surface area (Å²) in [6.45, 7) is 9.51. The van der Waals surface area contributed by atoms with Crippen LogP contribution in [0.1, 0.15) is 72.6 Å². The summed E-state index contributed by atoms with van der Waals surface area (Å²) in [7, 11) is 0. The van der Waals surface area contributed by atoms with Gasteiger partial charge in [0.25, 0.3) is 0 Å². The van der Waals surface area contributed by atoms with Gasteiger partial charge in [-0.1, -0.05) is 185 Å². The minimum absolute atomic E-state index is 0.0272. The minimum Gasteiger partial charge on any atom is -0.135 e. The molecule has 2 aliphatic carbocycles. The van der Waals surface area contributed by atoms with Crippen LogP contribution in [0.4, 0.5) is 0 Å². The van der Waals surface area contributed by atoms with Crippen LogP contribution in [-0.2, 0) is 10.8 Å². The molecule has 8 aromatic rings. The molecule has 0 saturated carbocycles. The lowest BCUT2D eigenvalue weighted by Gasteiger charge is -2.24. The molecule has 250 valence electrons. The molecule has 0 N–H and O–H groups in total. The van der Waals surface area contributed by atoms with E-state index in [9.17, 15) is 0 Å². The quantitative estimate of drug-likeness (QED) is 0.158. The second-order valence-corrected chi connectivity index (χ2v) is 16.7. The van der Waals surface area contributed by atoms with Gasteiger partial charge < -0.3 is 0 Å². The van der Waals surface area contributed by atoms with Crippen molar-refractivity contribution in [3.8, 4) is 43.8 Å². The van der Waals surface area contributed by atoms with Gasteiger partial charge in [0.1, 0.15) is 0 Å². The zero-order valence-corrected chi connectivity index (χ0v) is 30.9. The summed E-state index contributed by atoms with van der Waals surface area (Å²) in [4.78, 5) is 1.43. The SMILES string of the molecule is CC1(C)c2ccccc2-c2ccc(C(c3ccccc3)c3ccc(-c4ccc(-c5cccc6c5-c5sc7ccccc7c5C6(C)C)cc4)cc3)cc21. The molecule has 0 spiro atoms. The zero-order valence-electron chi connectivity index (χ0n) is 30.1. The van der Waals surface area contributed by atoms with Crippen LogP contribution >= 0.6 is 11.3 Å². The van der Waals surface area contributed by atoms with Gasteiger partial charge >= 0.3 is 0 Å². The van der Waals surface area contributed by atoms with Crippen molar-refractivity contribution < 1.29 is 0 Å². The van der Waals surface area contributed by atoms with Gasteiger partial charge in [0, 0.05) is 31.9 Å². The van der Waals surface area contributed by atoms with Crippen molar-refractivity contribution in [1.82, 2.24) is 0 Å². The fourth-order valence-corrected chi connectivity index (χ4v) is 10.8. The van der Waals surface area contributed by atoms with Crippen molar-refractivity contribution in [2.45, 2.75) is 44.4 Å². The Morgan fingerprint density at radius 3 is 1.79 bits per heavy atom. The third kappa shape index (κ3) is 4.59.